The van der Waals surface area contributed by atoms with Crippen molar-refractivity contribution in [2.75, 3.05) is 18.2 Å². The van der Waals surface area contributed by atoms with Gasteiger partial charge in [-0.15, -0.1) is 0 Å². The van der Waals surface area contributed by atoms with E-state index in [-0.39, 0.29) is 5.91 Å². The Morgan fingerprint density at radius 2 is 1.90 bits per heavy atom. The summed E-state index contributed by atoms with van der Waals surface area (Å²) < 4.78 is 5.19. The lowest BCUT2D eigenvalue weighted by Crippen LogP contribution is -2.14. The number of hydrogen-bond acceptors (Lipinski definition) is 3. The van der Waals surface area contributed by atoms with Crippen molar-refractivity contribution < 1.29 is 9.53 Å². The molecular weight excluding hydrogens is 252 g/mol. The second-order valence-corrected chi connectivity index (χ2v) is 4.68. The predicted octanol–water partition coefficient (Wildman–Crippen LogP) is 3.15. The van der Waals surface area contributed by atoms with Crippen LogP contribution < -0.4 is 15.8 Å². The van der Waals surface area contributed by atoms with Gasteiger partial charge in [0.15, 0.2) is 5.75 Å². The highest BCUT2D eigenvalue weighted by atomic mass is 16.5. The van der Waals surface area contributed by atoms with E-state index in [4.69, 9.17) is 10.5 Å². The van der Waals surface area contributed by atoms with Crippen molar-refractivity contribution in [2.24, 2.45) is 0 Å². The molecule has 2 aromatic carbocycles. The number of carbonyl (C=O) groups is 1. The molecule has 0 spiro atoms. The molecule has 0 saturated heterocycles. The lowest BCUT2D eigenvalue weighted by molar-refractivity contribution is 0.102. The molecule has 0 fully saturated rings. The van der Waals surface area contributed by atoms with Crippen molar-refractivity contribution in [3.05, 3.63) is 53.1 Å². The summed E-state index contributed by atoms with van der Waals surface area (Å²) in [7, 11) is 1.50. The van der Waals surface area contributed by atoms with Crippen molar-refractivity contribution in [3.63, 3.8) is 0 Å². The summed E-state index contributed by atoms with van der Waals surface area (Å²) in [6, 6.07) is 10.9. The Bertz CT molecular complexity index is 651. The highest BCUT2D eigenvalue weighted by Crippen LogP contribution is 2.26. The van der Waals surface area contributed by atoms with Crippen LogP contribution in [0.25, 0.3) is 0 Å². The van der Waals surface area contributed by atoms with Crippen LogP contribution >= 0.6 is 0 Å². The molecule has 2 rings (SSSR count). The molecular formula is C16H18N2O2. The van der Waals surface area contributed by atoms with E-state index >= 15 is 0 Å². The van der Waals surface area contributed by atoms with Crippen molar-refractivity contribution >= 4 is 17.3 Å². The first kappa shape index (κ1) is 13.9. The van der Waals surface area contributed by atoms with Gasteiger partial charge in [0.2, 0.25) is 0 Å². The Hall–Kier alpha value is -2.49. The smallest absolute Gasteiger partial charge is 0.259 e. The maximum absolute atomic E-state index is 12.3. The number of ether oxygens (including phenoxy) is 1. The number of rotatable bonds is 3. The van der Waals surface area contributed by atoms with E-state index < -0.39 is 0 Å². The summed E-state index contributed by atoms with van der Waals surface area (Å²) in [6.07, 6.45) is 0. The Balaban J connectivity index is 2.28. The third-order valence-corrected chi connectivity index (χ3v) is 3.26. The molecule has 0 aromatic heterocycles. The van der Waals surface area contributed by atoms with Gasteiger partial charge >= 0.3 is 0 Å². The van der Waals surface area contributed by atoms with Crippen molar-refractivity contribution in [2.45, 2.75) is 13.8 Å². The maximum Gasteiger partial charge on any atom is 0.259 e. The zero-order valence-corrected chi connectivity index (χ0v) is 11.9. The van der Waals surface area contributed by atoms with Crippen LogP contribution in [0.2, 0.25) is 0 Å². The normalized spacial score (nSPS) is 10.2. The van der Waals surface area contributed by atoms with E-state index in [0.717, 1.165) is 11.3 Å². The van der Waals surface area contributed by atoms with E-state index in [1.54, 1.807) is 18.2 Å². The molecule has 4 nitrogen and oxygen atoms in total. The number of amides is 1. The number of anilines is 2. The van der Waals surface area contributed by atoms with Crippen LogP contribution in [0.1, 0.15) is 21.5 Å². The molecule has 20 heavy (non-hydrogen) atoms. The van der Waals surface area contributed by atoms with Crippen LogP contribution in [0.3, 0.4) is 0 Å². The molecule has 4 heteroatoms. The predicted molar refractivity (Wildman–Crippen MR) is 81.3 cm³/mol. The van der Waals surface area contributed by atoms with Gasteiger partial charge in [-0.1, -0.05) is 12.1 Å². The van der Waals surface area contributed by atoms with Crippen molar-refractivity contribution in [1.29, 1.82) is 0 Å². The molecule has 3 N–H and O–H groups in total. The number of aryl methyl sites for hydroxylation is 2. The number of carbonyl (C=O) groups excluding carboxylic acids is 1. The average molecular weight is 270 g/mol. The maximum atomic E-state index is 12.3. The number of nitrogen functional groups attached to an aromatic ring is 1. The van der Waals surface area contributed by atoms with Crippen molar-refractivity contribution in [1.82, 2.24) is 0 Å². The first-order valence-electron chi connectivity index (χ1n) is 6.34. The van der Waals surface area contributed by atoms with Crippen LogP contribution in [0.4, 0.5) is 11.4 Å². The molecule has 2 aromatic rings. The van der Waals surface area contributed by atoms with Gasteiger partial charge < -0.3 is 15.8 Å². The van der Waals surface area contributed by atoms with Gasteiger partial charge in [-0.2, -0.15) is 0 Å². The Labute approximate surface area is 118 Å². The minimum Gasteiger partial charge on any atom is -0.494 e. The number of hydrogen-bond donors (Lipinski definition) is 2. The summed E-state index contributed by atoms with van der Waals surface area (Å²) >= 11 is 0. The van der Waals surface area contributed by atoms with Gasteiger partial charge in [0.1, 0.15) is 0 Å². The van der Waals surface area contributed by atoms with Gasteiger partial charge in [0.25, 0.3) is 5.91 Å². The minimum atomic E-state index is -0.239. The largest absolute Gasteiger partial charge is 0.494 e. The molecule has 1 amide bonds. The van der Waals surface area contributed by atoms with Crippen LogP contribution in [0.15, 0.2) is 36.4 Å². The van der Waals surface area contributed by atoms with E-state index in [0.29, 0.717) is 17.0 Å². The van der Waals surface area contributed by atoms with Gasteiger partial charge in [-0.05, 0) is 49.2 Å². The Morgan fingerprint density at radius 1 is 1.15 bits per heavy atom. The van der Waals surface area contributed by atoms with E-state index in [1.165, 1.54) is 12.7 Å². The fraction of sp³-hybridized carbons (Fsp3) is 0.188. The molecule has 0 saturated carbocycles. The molecule has 0 aliphatic rings. The van der Waals surface area contributed by atoms with Gasteiger partial charge in [-0.25, -0.2) is 0 Å². The molecule has 0 radical (unpaired) electrons. The Morgan fingerprint density at radius 3 is 2.55 bits per heavy atom. The molecule has 0 heterocycles. The summed E-state index contributed by atoms with van der Waals surface area (Å²) in [5.41, 5.74) is 9.73. The molecule has 0 bridgehead atoms. The number of benzene rings is 2. The standard InChI is InChI=1S/C16H18N2O2/c1-10-7-8-12(9-11(10)2)18-16(19)13-5-4-6-14(17)15(13)20-3/h4-9H,17H2,1-3H3,(H,18,19). The van der Waals surface area contributed by atoms with Crippen molar-refractivity contribution in [3.8, 4) is 5.75 Å². The molecule has 104 valence electrons. The van der Waals surface area contributed by atoms with E-state index in [1.807, 2.05) is 32.0 Å². The summed E-state index contributed by atoms with van der Waals surface area (Å²) in [6.45, 7) is 4.04. The van der Waals surface area contributed by atoms with Gasteiger partial charge in [0.05, 0.1) is 18.4 Å². The quantitative estimate of drug-likeness (QED) is 0.842. The fourth-order valence-corrected chi connectivity index (χ4v) is 1.98. The van der Waals surface area contributed by atoms with Crippen LogP contribution in [0.5, 0.6) is 5.75 Å². The van der Waals surface area contributed by atoms with Crippen LogP contribution in [-0.2, 0) is 0 Å². The van der Waals surface area contributed by atoms with Crippen LogP contribution in [-0.4, -0.2) is 13.0 Å². The van der Waals surface area contributed by atoms with Gasteiger partial charge in [-0.3, -0.25) is 4.79 Å². The molecule has 0 unspecified atom stereocenters. The molecule has 0 aliphatic heterocycles. The Kier molecular flexibility index (Phi) is 3.94. The zero-order valence-electron chi connectivity index (χ0n) is 11.9. The lowest BCUT2D eigenvalue weighted by Gasteiger charge is -2.12. The molecule has 0 aliphatic carbocycles. The zero-order chi connectivity index (χ0) is 14.7. The fourth-order valence-electron chi connectivity index (χ4n) is 1.98. The molecule has 0 atom stereocenters. The monoisotopic (exact) mass is 270 g/mol. The first-order chi connectivity index (χ1) is 9.52. The van der Waals surface area contributed by atoms with E-state index in [9.17, 15) is 4.79 Å². The first-order valence-corrected chi connectivity index (χ1v) is 6.34. The second-order valence-electron chi connectivity index (χ2n) is 4.68. The topological polar surface area (TPSA) is 64.3 Å². The highest BCUT2D eigenvalue weighted by Gasteiger charge is 2.14. The number of para-hydroxylation sites is 1. The second kappa shape index (κ2) is 5.65. The average Bonchev–Trinajstić information content (AvgIpc) is 2.42. The summed E-state index contributed by atoms with van der Waals surface area (Å²) in [5, 5.41) is 2.85. The minimum absolute atomic E-state index is 0.239. The lowest BCUT2D eigenvalue weighted by atomic mass is 10.1. The van der Waals surface area contributed by atoms with E-state index in [2.05, 4.69) is 5.32 Å². The number of nitrogens with two attached hydrogens (primary N) is 1. The number of methoxy groups -OCH3 is 1. The summed E-state index contributed by atoms with van der Waals surface area (Å²) in [4.78, 5) is 12.3. The van der Waals surface area contributed by atoms with Crippen LogP contribution in [0, 0.1) is 13.8 Å². The highest BCUT2D eigenvalue weighted by molar-refractivity contribution is 6.07. The third kappa shape index (κ3) is 2.74. The summed E-state index contributed by atoms with van der Waals surface area (Å²) in [5.74, 6) is 0.159. The third-order valence-electron chi connectivity index (χ3n) is 3.26. The van der Waals surface area contributed by atoms with Gasteiger partial charge in [0, 0.05) is 5.69 Å². The number of nitrogens with one attached hydrogen (secondary N) is 1. The SMILES string of the molecule is COc1c(N)cccc1C(=O)Nc1ccc(C)c(C)c1.